The number of aromatic carboxylic acids is 1. The fourth-order valence-electron chi connectivity index (χ4n) is 2.16. The standard InChI is InChI=1S/C13H20N2O2S/c1-4-5-10-11(12(16)17)18-13(14-10)15(3)7-9-6-8(9)2/h8-9H,4-7H2,1-3H3,(H,16,17). The predicted octanol–water partition coefficient (Wildman–Crippen LogP) is 2.89. The van der Waals surface area contributed by atoms with Gasteiger partial charge in [0.05, 0.1) is 5.69 Å². The van der Waals surface area contributed by atoms with Gasteiger partial charge in [0.15, 0.2) is 5.13 Å². The van der Waals surface area contributed by atoms with E-state index in [9.17, 15) is 9.90 Å². The summed E-state index contributed by atoms with van der Waals surface area (Å²) in [6, 6.07) is 0. The lowest BCUT2D eigenvalue weighted by molar-refractivity contribution is 0.0700. The lowest BCUT2D eigenvalue weighted by Crippen LogP contribution is -2.20. The highest BCUT2D eigenvalue weighted by molar-refractivity contribution is 7.17. The molecule has 1 aliphatic carbocycles. The molecule has 4 nitrogen and oxygen atoms in total. The molecular formula is C13H20N2O2S. The lowest BCUT2D eigenvalue weighted by Gasteiger charge is -2.14. The van der Waals surface area contributed by atoms with Crippen LogP contribution in [-0.2, 0) is 6.42 Å². The van der Waals surface area contributed by atoms with E-state index in [2.05, 4.69) is 16.8 Å². The number of aromatic nitrogens is 1. The maximum absolute atomic E-state index is 11.2. The molecular weight excluding hydrogens is 248 g/mol. The molecule has 0 radical (unpaired) electrons. The smallest absolute Gasteiger partial charge is 0.347 e. The third-order valence-electron chi connectivity index (χ3n) is 3.48. The van der Waals surface area contributed by atoms with Crippen LogP contribution in [0.4, 0.5) is 5.13 Å². The molecule has 2 rings (SSSR count). The number of thiazole rings is 1. The largest absolute Gasteiger partial charge is 0.477 e. The second kappa shape index (κ2) is 5.26. The van der Waals surface area contributed by atoms with Crippen LogP contribution in [0.2, 0.25) is 0 Å². The van der Waals surface area contributed by atoms with Crippen LogP contribution in [0.5, 0.6) is 0 Å². The van der Waals surface area contributed by atoms with Crippen molar-refractivity contribution in [2.75, 3.05) is 18.5 Å². The van der Waals surface area contributed by atoms with Gasteiger partial charge < -0.3 is 10.0 Å². The first-order valence-electron chi connectivity index (χ1n) is 6.47. The van der Waals surface area contributed by atoms with Gasteiger partial charge in [0.1, 0.15) is 4.88 Å². The van der Waals surface area contributed by atoms with E-state index in [-0.39, 0.29) is 0 Å². The first kappa shape index (κ1) is 13.3. The fraction of sp³-hybridized carbons (Fsp3) is 0.692. The molecule has 1 aromatic rings. The van der Waals surface area contributed by atoms with Gasteiger partial charge in [-0.2, -0.15) is 0 Å². The van der Waals surface area contributed by atoms with Crippen LogP contribution in [-0.4, -0.2) is 29.7 Å². The summed E-state index contributed by atoms with van der Waals surface area (Å²) >= 11 is 1.30. The summed E-state index contributed by atoms with van der Waals surface area (Å²) in [4.78, 5) is 18.2. The molecule has 0 aromatic carbocycles. The maximum Gasteiger partial charge on any atom is 0.347 e. The van der Waals surface area contributed by atoms with Crippen molar-refractivity contribution in [1.29, 1.82) is 0 Å². The molecule has 1 N–H and O–H groups in total. The van der Waals surface area contributed by atoms with Gasteiger partial charge >= 0.3 is 5.97 Å². The summed E-state index contributed by atoms with van der Waals surface area (Å²) in [5.41, 5.74) is 0.737. The number of aryl methyl sites for hydroxylation is 1. The summed E-state index contributed by atoms with van der Waals surface area (Å²) in [7, 11) is 2.01. The van der Waals surface area contributed by atoms with Crippen LogP contribution < -0.4 is 4.90 Å². The van der Waals surface area contributed by atoms with Crippen molar-refractivity contribution < 1.29 is 9.90 Å². The van der Waals surface area contributed by atoms with Crippen molar-refractivity contribution in [3.8, 4) is 0 Å². The average molecular weight is 268 g/mol. The summed E-state index contributed by atoms with van der Waals surface area (Å²) in [6.45, 7) is 5.28. The number of hydrogen-bond acceptors (Lipinski definition) is 4. The number of hydrogen-bond donors (Lipinski definition) is 1. The van der Waals surface area contributed by atoms with Gasteiger partial charge in [-0.1, -0.05) is 31.6 Å². The number of carboxylic acid groups (broad SMARTS) is 1. The van der Waals surface area contributed by atoms with Crippen molar-refractivity contribution in [3.05, 3.63) is 10.6 Å². The van der Waals surface area contributed by atoms with Gasteiger partial charge in [-0.15, -0.1) is 0 Å². The van der Waals surface area contributed by atoms with Crippen LogP contribution in [0, 0.1) is 11.8 Å². The number of rotatable bonds is 6. The topological polar surface area (TPSA) is 53.4 Å². The van der Waals surface area contributed by atoms with E-state index in [1.165, 1.54) is 17.8 Å². The minimum atomic E-state index is -0.851. The van der Waals surface area contributed by atoms with Crippen molar-refractivity contribution in [2.45, 2.75) is 33.1 Å². The van der Waals surface area contributed by atoms with E-state index >= 15 is 0 Å². The highest BCUT2D eigenvalue weighted by Crippen LogP contribution is 2.39. The Kier molecular flexibility index (Phi) is 3.90. The van der Waals surface area contributed by atoms with Crippen LogP contribution in [0.15, 0.2) is 0 Å². The third kappa shape index (κ3) is 2.83. The highest BCUT2D eigenvalue weighted by atomic mass is 32.1. The molecule has 5 heteroatoms. The minimum Gasteiger partial charge on any atom is -0.477 e. The van der Waals surface area contributed by atoms with Gasteiger partial charge in [0.2, 0.25) is 0 Å². The first-order valence-corrected chi connectivity index (χ1v) is 7.28. The molecule has 0 aliphatic heterocycles. The van der Waals surface area contributed by atoms with Crippen molar-refractivity contribution in [1.82, 2.24) is 4.98 Å². The van der Waals surface area contributed by atoms with Gasteiger partial charge in [-0.3, -0.25) is 0 Å². The Morgan fingerprint density at radius 1 is 1.61 bits per heavy atom. The number of nitrogens with zero attached hydrogens (tertiary/aromatic N) is 2. The summed E-state index contributed by atoms with van der Waals surface area (Å²) < 4.78 is 0. The van der Waals surface area contributed by atoms with Crippen LogP contribution >= 0.6 is 11.3 Å². The van der Waals surface area contributed by atoms with Crippen LogP contribution in [0.1, 0.15) is 42.1 Å². The summed E-state index contributed by atoms with van der Waals surface area (Å²) in [5.74, 6) is 0.707. The summed E-state index contributed by atoms with van der Waals surface area (Å²) in [6.07, 6.45) is 2.95. The Bertz CT molecular complexity index is 444. The first-order chi connectivity index (χ1) is 8.52. The molecule has 0 spiro atoms. The molecule has 1 aliphatic rings. The SMILES string of the molecule is CCCc1nc(N(C)CC2CC2C)sc1C(=O)O. The quantitative estimate of drug-likeness (QED) is 0.862. The Labute approximate surface area is 112 Å². The molecule has 0 bridgehead atoms. The van der Waals surface area contributed by atoms with Crippen molar-refractivity contribution in [2.24, 2.45) is 11.8 Å². The molecule has 1 saturated carbocycles. The van der Waals surface area contributed by atoms with Gasteiger partial charge in [0, 0.05) is 13.6 Å². The second-order valence-corrected chi connectivity index (χ2v) is 6.16. The molecule has 2 unspecified atom stereocenters. The van der Waals surface area contributed by atoms with Crippen LogP contribution in [0.3, 0.4) is 0 Å². The molecule has 1 heterocycles. The van der Waals surface area contributed by atoms with E-state index in [1.807, 2.05) is 14.0 Å². The summed E-state index contributed by atoms with van der Waals surface area (Å²) in [5, 5.41) is 10.0. The normalized spacial score (nSPS) is 21.9. The Morgan fingerprint density at radius 2 is 2.28 bits per heavy atom. The minimum absolute atomic E-state index is 0.405. The Balaban J connectivity index is 2.12. The molecule has 2 atom stereocenters. The van der Waals surface area contributed by atoms with Crippen molar-refractivity contribution >= 4 is 22.4 Å². The van der Waals surface area contributed by atoms with Crippen molar-refractivity contribution in [3.63, 3.8) is 0 Å². The zero-order chi connectivity index (χ0) is 13.3. The van der Waals surface area contributed by atoms with Gasteiger partial charge in [-0.05, 0) is 24.7 Å². The monoisotopic (exact) mass is 268 g/mol. The number of carbonyl (C=O) groups is 1. The zero-order valence-corrected chi connectivity index (χ0v) is 12.0. The van der Waals surface area contributed by atoms with E-state index < -0.39 is 5.97 Å². The molecule has 100 valence electrons. The van der Waals surface area contributed by atoms with E-state index in [4.69, 9.17) is 0 Å². The van der Waals surface area contributed by atoms with E-state index in [0.717, 1.165) is 42.0 Å². The predicted molar refractivity (Wildman–Crippen MR) is 73.6 cm³/mol. The average Bonchev–Trinajstić information content (AvgIpc) is 2.83. The maximum atomic E-state index is 11.2. The zero-order valence-electron chi connectivity index (χ0n) is 11.1. The van der Waals surface area contributed by atoms with Gasteiger partial charge in [-0.25, -0.2) is 9.78 Å². The fourth-order valence-corrected chi connectivity index (χ4v) is 3.08. The molecule has 1 aromatic heterocycles. The Morgan fingerprint density at radius 3 is 2.78 bits per heavy atom. The molecule has 18 heavy (non-hydrogen) atoms. The second-order valence-electron chi connectivity index (χ2n) is 5.18. The molecule has 1 fully saturated rings. The molecule has 0 saturated heterocycles. The molecule has 0 amide bonds. The highest BCUT2D eigenvalue weighted by Gasteiger charge is 2.34. The van der Waals surface area contributed by atoms with E-state index in [1.54, 1.807) is 0 Å². The lowest BCUT2D eigenvalue weighted by atomic mass is 10.2. The van der Waals surface area contributed by atoms with Gasteiger partial charge in [0.25, 0.3) is 0 Å². The number of carboxylic acids is 1. The Hall–Kier alpha value is -1.10. The third-order valence-corrected chi connectivity index (χ3v) is 4.68. The number of anilines is 1. The van der Waals surface area contributed by atoms with E-state index in [0.29, 0.717) is 4.88 Å². The van der Waals surface area contributed by atoms with Crippen LogP contribution in [0.25, 0.3) is 0 Å².